The lowest BCUT2D eigenvalue weighted by atomic mass is 9.95. The number of aromatic nitrogens is 1. The van der Waals surface area contributed by atoms with Gasteiger partial charge in [0.2, 0.25) is 5.91 Å². The van der Waals surface area contributed by atoms with Crippen LogP contribution < -0.4 is 5.32 Å². The predicted molar refractivity (Wildman–Crippen MR) is 62.9 cm³/mol. The van der Waals surface area contributed by atoms with E-state index in [1.807, 2.05) is 6.20 Å². The largest absolute Gasteiger partial charge is 0.361 e. The normalized spacial score (nSPS) is 19.9. The number of fused-ring (bicyclic) bond motifs is 1. The molecule has 1 aromatic heterocycles. The van der Waals surface area contributed by atoms with Gasteiger partial charge in [0.15, 0.2) is 0 Å². The fourth-order valence-corrected chi connectivity index (χ4v) is 2.33. The zero-order chi connectivity index (χ0) is 12.0. The van der Waals surface area contributed by atoms with Crippen LogP contribution in [0.1, 0.15) is 17.9 Å². The summed E-state index contributed by atoms with van der Waals surface area (Å²) in [6, 6.07) is 4.59. The minimum absolute atomic E-state index is 0.0363. The van der Waals surface area contributed by atoms with E-state index in [4.69, 9.17) is 0 Å². The second-order valence-electron chi connectivity index (χ2n) is 4.26. The highest BCUT2D eigenvalue weighted by Gasteiger charge is 2.28. The summed E-state index contributed by atoms with van der Waals surface area (Å²) in [6.45, 7) is 3.83. The molecule has 17 heavy (non-hydrogen) atoms. The maximum absolute atomic E-state index is 13.2. The number of hydrogen-bond donors (Lipinski definition) is 2. The molecule has 0 radical (unpaired) electrons. The Morgan fingerprint density at radius 3 is 2.94 bits per heavy atom. The Balaban J connectivity index is 2.14. The lowest BCUT2D eigenvalue weighted by molar-refractivity contribution is -0.118. The van der Waals surface area contributed by atoms with Crippen molar-refractivity contribution in [2.45, 2.75) is 12.3 Å². The average Bonchev–Trinajstić information content (AvgIpc) is 2.81. The van der Waals surface area contributed by atoms with Crippen LogP contribution in [0.4, 0.5) is 4.39 Å². The van der Waals surface area contributed by atoms with Gasteiger partial charge in [-0.2, -0.15) is 0 Å². The molecule has 3 nitrogen and oxygen atoms in total. The van der Waals surface area contributed by atoms with Gasteiger partial charge in [-0.05, 0) is 23.8 Å². The van der Waals surface area contributed by atoms with Crippen molar-refractivity contribution >= 4 is 16.8 Å². The van der Waals surface area contributed by atoms with Gasteiger partial charge in [-0.1, -0.05) is 6.58 Å². The maximum atomic E-state index is 13.2. The summed E-state index contributed by atoms with van der Waals surface area (Å²) < 4.78 is 13.2. The molecule has 0 spiro atoms. The molecule has 1 aliphatic heterocycles. The van der Waals surface area contributed by atoms with Crippen molar-refractivity contribution in [2.75, 3.05) is 0 Å². The van der Waals surface area contributed by atoms with Crippen LogP contribution in [0.25, 0.3) is 10.9 Å². The van der Waals surface area contributed by atoms with Gasteiger partial charge in [0.25, 0.3) is 0 Å². The standard InChI is InChI=1S/C13H11FN2O/c1-7-9(5-13(17)16-7)11-6-15-12-3-2-8(14)4-10(11)12/h2-4,6,9,15H,1,5H2,(H,16,17)/t9-/m0/s1. The van der Waals surface area contributed by atoms with E-state index < -0.39 is 0 Å². The first-order valence-electron chi connectivity index (χ1n) is 5.40. The summed E-state index contributed by atoms with van der Waals surface area (Å²) >= 11 is 0. The van der Waals surface area contributed by atoms with E-state index in [2.05, 4.69) is 16.9 Å². The molecular formula is C13H11FN2O. The summed E-state index contributed by atoms with van der Waals surface area (Å²) in [5.41, 5.74) is 2.47. The molecule has 1 amide bonds. The number of rotatable bonds is 1. The Morgan fingerprint density at radius 2 is 2.24 bits per heavy atom. The Labute approximate surface area is 97.3 Å². The number of aromatic amines is 1. The first-order chi connectivity index (χ1) is 8.15. The van der Waals surface area contributed by atoms with Crippen molar-refractivity contribution in [3.63, 3.8) is 0 Å². The van der Waals surface area contributed by atoms with Gasteiger partial charge in [0, 0.05) is 35.1 Å². The number of H-pyrrole nitrogens is 1. The maximum Gasteiger partial charge on any atom is 0.225 e. The molecule has 86 valence electrons. The van der Waals surface area contributed by atoms with E-state index >= 15 is 0 Å². The van der Waals surface area contributed by atoms with Crippen LogP contribution in [0.15, 0.2) is 36.7 Å². The first kappa shape index (κ1) is 10.1. The molecule has 0 unspecified atom stereocenters. The molecule has 2 aromatic rings. The van der Waals surface area contributed by atoms with Crippen LogP contribution in [0.3, 0.4) is 0 Å². The molecule has 2 N–H and O–H groups in total. The number of benzene rings is 1. The third kappa shape index (κ3) is 1.53. The Hall–Kier alpha value is -2.10. The van der Waals surface area contributed by atoms with Crippen LogP contribution in [0.5, 0.6) is 0 Å². The van der Waals surface area contributed by atoms with Crippen LogP contribution >= 0.6 is 0 Å². The molecule has 4 heteroatoms. The average molecular weight is 230 g/mol. The molecular weight excluding hydrogens is 219 g/mol. The smallest absolute Gasteiger partial charge is 0.225 e. The number of carbonyl (C=O) groups excluding carboxylic acids is 1. The van der Waals surface area contributed by atoms with Gasteiger partial charge in [-0.25, -0.2) is 4.39 Å². The number of hydrogen-bond acceptors (Lipinski definition) is 1. The van der Waals surface area contributed by atoms with E-state index in [0.29, 0.717) is 12.1 Å². The summed E-state index contributed by atoms with van der Waals surface area (Å²) in [6.07, 6.45) is 2.20. The zero-order valence-electron chi connectivity index (χ0n) is 9.09. The number of allylic oxidation sites excluding steroid dienone is 1. The lowest BCUT2D eigenvalue weighted by Crippen LogP contribution is -2.11. The molecule has 1 aromatic carbocycles. The Morgan fingerprint density at radius 1 is 1.41 bits per heavy atom. The van der Waals surface area contributed by atoms with E-state index in [-0.39, 0.29) is 17.6 Å². The van der Waals surface area contributed by atoms with Crippen molar-refractivity contribution in [1.82, 2.24) is 10.3 Å². The minimum Gasteiger partial charge on any atom is -0.361 e. The van der Waals surface area contributed by atoms with Crippen LogP contribution in [-0.4, -0.2) is 10.9 Å². The van der Waals surface area contributed by atoms with Crippen molar-refractivity contribution in [2.24, 2.45) is 0 Å². The second kappa shape index (κ2) is 3.45. The van der Waals surface area contributed by atoms with Crippen LogP contribution in [0.2, 0.25) is 0 Å². The fraction of sp³-hybridized carbons (Fsp3) is 0.154. The molecule has 2 heterocycles. The molecule has 1 fully saturated rings. The van der Waals surface area contributed by atoms with Crippen LogP contribution in [-0.2, 0) is 4.79 Å². The number of nitrogens with one attached hydrogen (secondary N) is 2. The zero-order valence-corrected chi connectivity index (χ0v) is 9.09. The monoisotopic (exact) mass is 230 g/mol. The van der Waals surface area contributed by atoms with Crippen molar-refractivity contribution in [1.29, 1.82) is 0 Å². The lowest BCUT2D eigenvalue weighted by Gasteiger charge is -2.07. The van der Waals surface area contributed by atoms with Gasteiger partial charge in [-0.15, -0.1) is 0 Å². The fourth-order valence-electron chi connectivity index (χ4n) is 2.33. The topological polar surface area (TPSA) is 44.9 Å². The van der Waals surface area contributed by atoms with Crippen molar-refractivity contribution < 1.29 is 9.18 Å². The summed E-state index contributed by atoms with van der Waals surface area (Å²) in [4.78, 5) is 14.4. The Bertz CT molecular complexity index is 629. The molecule has 1 aliphatic rings. The molecule has 0 saturated carbocycles. The first-order valence-corrected chi connectivity index (χ1v) is 5.40. The van der Waals surface area contributed by atoms with Crippen LogP contribution in [0, 0.1) is 5.82 Å². The molecule has 3 rings (SSSR count). The van der Waals surface area contributed by atoms with E-state index in [0.717, 1.165) is 16.5 Å². The van der Waals surface area contributed by atoms with Gasteiger partial charge in [-0.3, -0.25) is 4.79 Å². The molecule has 0 bridgehead atoms. The van der Waals surface area contributed by atoms with E-state index in [1.54, 1.807) is 6.07 Å². The Kier molecular flexibility index (Phi) is 2.04. The highest BCUT2D eigenvalue weighted by Crippen LogP contribution is 2.34. The second-order valence-corrected chi connectivity index (χ2v) is 4.26. The quantitative estimate of drug-likeness (QED) is 0.776. The third-order valence-electron chi connectivity index (χ3n) is 3.16. The van der Waals surface area contributed by atoms with Crippen molar-refractivity contribution in [3.8, 4) is 0 Å². The van der Waals surface area contributed by atoms with E-state index in [1.165, 1.54) is 12.1 Å². The molecule has 1 atom stereocenters. The minimum atomic E-state index is -0.277. The van der Waals surface area contributed by atoms with E-state index in [9.17, 15) is 9.18 Å². The molecule has 0 aliphatic carbocycles. The van der Waals surface area contributed by atoms with Crippen molar-refractivity contribution in [3.05, 3.63) is 48.1 Å². The number of amides is 1. The summed E-state index contributed by atoms with van der Waals surface area (Å²) in [5, 5.41) is 3.51. The SMILES string of the molecule is C=C1NC(=O)C[C@@H]1c1c[nH]c2ccc(F)cc12. The highest BCUT2D eigenvalue weighted by molar-refractivity contribution is 5.88. The molecule has 1 saturated heterocycles. The van der Waals surface area contributed by atoms with Gasteiger partial charge in [0.1, 0.15) is 5.82 Å². The number of halogens is 1. The van der Waals surface area contributed by atoms with Gasteiger partial charge >= 0.3 is 0 Å². The predicted octanol–water partition coefficient (Wildman–Crippen LogP) is 2.42. The highest BCUT2D eigenvalue weighted by atomic mass is 19.1. The third-order valence-corrected chi connectivity index (χ3v) is 3.16. The summed E-state index contributed by atoms with van der Waals surface area (Å²) in [5.74, 6) is -0.384. The van der Waals surface area contributed by atoms with Gasteiger partial charge < -0.3 is 10.3 Å². The number of carbonyl (C=O) groups is 1. The van der Waals surface area contributed by atoms with Gasteiger partial charge in [0.05, 0.1) is 0 Å². The summed E-state index contributed by atoms with van der Waals surface area (Å²) in [7, 11) is 0.